The molecular weight excluding hydrogens is 324 g/mol. The molecule has 0 N–H and O–H groups in total. The Labute approximate surface area is 127 Å². The van der Waals surface area contributed by atoms with Gasteiger partial charge in [-0.1, -0.05) is 34.1 Å². The highest BCUT2D eigenvalue weighted by Gasteiger charge is 2.20. The topological polar surface area (TPSA) is 23.6 Å². The zero-order chi connectivity index (χ0) is 13.5. The van der Waals surface area contributed by atoms with Crippen molar-refractivity contribution in [2.24, 2.45) is 0 Å². The maximum Gasteiger partial charge on any atom is 0.233 e. The Hall–Kier alpha value is -0.520. The van der Waals surface area contributed by atoms with Crippen LogP contribution in [0.1, 0.15) is 0 Å². The molecule has 1 aliphatic heterocycles. The van der Waals surface area contributed by atoms with E-state index in [-0.39, 0.29) is 5.91 Å². The molecule has 0 bridgehead atoms. The average Bonchev–Trinajstić information content (AvgIpc) is 2.47. The fourth-order valence-corrected chi connectivity index (χ4v) is 3.42. The summed E-state index contributed by atoms with van der Waals surface area (Å²) < 4.78 is 0. The van der Waals surface area contributed by atoms with Gasteiger partial charge < -0.3 is 4.90 Å². The van der Waals surface area contributed by atoms with Crippen LogP contribution >= 0.6 is 27.7 Å². The van der Waals surface area contributed by atoms with Crippen LogP contribution in [0.3, 0.4) is 0 Å². The Morgan fingerprint density at radius 1 is 1.16 bits per heavy atom. The second kappa shape index (κ2) is 7.92. The first kappa shape index (κ1) is 14.9. The van der Waals surface area contributed by atoms with Gasteiger partial charge in [-0.2, -0.15) is 0 Å². The molecule has 0 atom stereocenters. The number of hydrogen-bond donors (Lipinski definition) is 0. The van der Waals surface area contributed by atoms with Crippen LogP contribution in [0.15, 0.2) is 35.2 Å². The Morgan fingerprint density at radius 3 is 2.47 bits per heavy atom. The van der Waals surface area contributed by atoms with Gasteiger partial charge in [-0.3, -0.25) is 9.69 Å². The van der Waals surface area contributed by atoms with E-state index < -0.39 is 0 Å². The molecule has 5 heteroatoms. The summed E-state index contributed by atoms with van der Waals surface area (Å²) in [5.41, 5.74) is 0. The molecule has 2 rings (SSSR count). The van der Waals surface area contributed by atoms with Gasteiger partial charge in [0.25, 0.3) is 0 Å². The second-order valence-electron chi connectivity index (χ2n) is 4.51. The molecule has 1 aromatic carbocycles. The first-order valence-corrected chi connectivity index (χ1v) is 8.64. The predicted molar refractivity (Wildman–Crippen MR) is 84.0 cm³/mol. The molecule has 19 heavy (non-hydrogen) atoms. The molecule has 0 radical (unpaired) electrons. The summed E-state index contributed by atoms with van der Waals surface area (Å²) in [4.78, 5) is 17.7. The van der Waals surface area contributed by atoms with Crippen molar-refractivity contribution in [2.45, 2.75) is 4.90 Å². The third-order valence-corrected chi connectivity index (χ3v) is 4.58. The van der Waals surface area contributed by atoms with E-state index in [2.05, 4.69) is 20.8 Å². The largest absolute Gasteiger partial charge is 0.339 e. The van der Waals surface area contributed by atoms with Gasteiger partial charge in [0, 0.05) is 42.9 Å². The number of piperazine rings is 1. The molecule has 0 saturated carbocycles. The number of benzene rings is 1. The molecule has 1 fully saturated rings. The van der Waals surface area contributed by atoms with Crippen molar-refractivity contribution in [3.63, 3.8) is 0 Å². The molecule has 1 heterocycles. The van der Waals surface area contributed by atoms with E-state index in [1.54, 1.807) is 11.8 Å². The number of halogens is 1. The lowest BCUT2D eigenvalue weighted by atomic mass is 10.3. The van der Waals surface area contributed by atoms with Crippen LogP contribution in [0.25, 0.3) is 0 Å². The summed E-state index contributed by atoms with van der Waals surface area (Å²) in [5.74, 6) is 0.801. The van der Waals surface area contributed by atoms with Crippen LogP contribution in [0.4, 0.5) is 0 Å². The number of thioether (sulfide) groups is 1. The minimum absolute atomic E-state index is 0.257. The molecule has 1 aromatic rings. The Kier molecular flexibility index (Phi) is 6.20. The summed E-state index contributed by atoms with van der Waals surface area (Å²) in [6.45, 7) is 4.78. The summed E-state index contributed by atoms with van der Waals surface area (Å²) in [6.07, 6.45) is 0. The quantitative estimate of drug-likeness (QED) is 0.606. The lowest BCUT2D eigenvalue weighted by Crippen LogP contribution is -2.49. The van der Waals surface area contributed by atoms with Gasteiger partial charge in [-0.15, -0.1) is 11.8 Å². The van der Waals surface area contributed by atoms with Crippen LogP contribution in [0.5, 0.6) is 0 Å². The van der Waals surface area contributed by atoms with E-state index in [9.17, 15) is 4.79 Å². The van der Waals surface area contributed by atoms with Crippen LogP contribution < -0.4 is 0 Å². The minimum atomic E-state index is 0.257. The first-order valence-electron chi connectivity index (χ1n) is 6.53. The van der Waals surface area contributed by atoms with E-state index in [0.29, 0.717) is 5.75 Å². The number of hydrogen-bond acceptors (Lipinski definition) is 3. The summed E-state index contributed by atoms with van der Waals surface area (Å²) in [6, 6.07) is 10.1. The highest BCUT2D eigenvalue weighted by Crippen LogP contribution is 2.17. The lowest BCUT2D eigenvalue weighted by molar-refractivity contribution is -0.130. The third kappa shape index (κ3) is 4.82. The van der Waals surface area contributed by atoms with Crippen LogP contribution in [0, 0.1) is 0 Å². The zero-order valence-corrected chi connectivity index (χ0v) is 13.3. The highest BCUT2D eigenvalue weighted by atomic mass is 79.9. The number of amides is 1. The van der Waals surface area contributed by atoms with E-state index in [1.807, 2.05) is 35.2 Å². The Bertz CT molecular complexity index is 394. The molecule has 0 spiro atoms. The summed E-state index contributed by atoms with van der Waals surface area (Å²) in [7, 11) is 0. The van der Waals surface area contributed by atoms with E-state index >= 15 is 0 Å². The van der Waals surface area contributed by atoms with Gasteiger partial charge in [0.15, 0.2) is 0 Å². The Morgan fingerprint density at radius 2 is 1.84 bits per heavy atom. The number of carbonyl (C=O) groups excluding carboxylic acids is 1. The third-order valence-electron chi connectivity index (χ3n) is 3.23. The predicted octanol–water partition coefficient (Wildman–Crippen LogP) is 2.32. The van der Waals surface area contributed by atoms with Gasteiger partial charge in [-0.05, 0) is 12.1 Å². The normalized spacial score (nSPS) is 16.6. The minimum Gasteiger partial charge on any atom is -0.339 e. The standard InChI is InChI=1S/C14H19BrN2OS/c15-6-7-16-8-10-17(11-9-16)14(18)12-19-13-4-2-1-3-5-13/h1-5H,6-12H2. The fourth-order valence-electron chi connectivity index (χ4n) is 2.09. The molecule has 1 saturated heterocycles. The molecule has 104 valence electrons. The molecule has 0 aromatic heterocycles. The van der Waals surface area contributed by atoms with Gasteiger partial charge in [-0.25, -0.2) is 0 Å². The van der Waals surface area contributed by atoms with Crippen molar-refractivity contribution in [2.75, 3.05) is 43.8 Å². The molecular formula is C14H19BrN2OS. The van der Waals surface area contributed by atoms with E-state index in [0.717, 1.165) is 42.9 Å². The van der Waals surface area contributed by atoms with Crippen molar-refractivity contribution in [3.8, 4) is 0 Å². The molecule has 0 aliphatic carbocycles. The van der Waals surface area contributed by atoms with Gasteiger partial charge in [0.1, 0.15) is 0 Å². The summed E-state index contributed by atoms with van der Waals surface area (Å²) in [5, 5.41) is 1.00. The molecule has 0 unspecified atom stereocenters. The van der Waals surface area contributed by atoms with Crippen molar-refractivity contribution >= 4 is 33.6 Å². The highest BCUT2D eigenvalue weighted by molar-refractivity contribution is 9.09. The van der Waals surface area contributed by atoms with E-state index in [1.165, 1.54) is 0 Å². The summed E-state index contributed by atoms with van der Waals surface area (Å²) >= 11 is 5.08. The molecule has 1 amide bonds. The SMILES string of the molecule is O=C(CSc1ccccc1)N1CCN(CCBr)CC1. The molecule has 1 aliphatic rings. The molecule has 3 nitrogen and oxygen atoms in total. The maximum atomic E-state index is 12.1. The van der Waals surface area contributed by atoms with Gasteiger partial charge in [0.2, 0.25) is 5.91 Å². The number of alkyl halides is 1. The van der Waals surface area contributed by atoms with Crippen molar-refractivity contribution in [1.29, 1.82) is 0 Å². The average molecular weight is 343 g/mol. The van der Waals surface area contributed by atoms with Crippen LogP contribution in [-0.4, -0.2) is 59.5 Å². The Balaban J connectivity index is 1.73. The monoisotopic (exact) mass is 342 g/mol. The zero-order valence-electron chi connectivity index (χ0n) is 10.9. The number of carbonyl (C=O) groups is 1. The number of rotatable bonds is 5. The number of nitrogens with zero attached hydrogens (tertiary/aromatic N) is 2. The second-order valence-corrected chi connectivity index (χ2v) is 6.35. The first-order chi connectivity index (χ1) is 9.29. The van der Waals surface area contributed by atoms with E-state index in [4.69, 9.17) is 0 Å². The van der Waals surface area contributed by atoms with Crippen molar-refractivity contribution in [1.82, 2.24) is 9.80 Å². The lowest BCUT2D eigenvalue weighted by Gasteiger charge is -2.34. The fraction of sp³-hybridized carbons (Fsp3) is 0.500. The van der Waals surface area contributed by atoms with Crippen molar-refractivity contribution < 1.29 is 4.79 Å². The van der Waals surface area contributed by atoms with Gasteiger partial charge in [0.05, 0.1) is 5.75 Å². The van der Waals surface area contributed by atoms with Crippen molar-refractivity contribution in [3.05, 3.63) is 30.3 Å². The van der Waals surface area contributed by atoms with Gasteiger partial charge >= 0.3 is 0 Å². The maximum absolute atomic E-state index is 12.1. The van der Waals surface area contributed by atoms with Crippen LogP contribution in [0.2, 0.25) is 0 Å². The van der Waals surface area contributed by atoms with Crippen LogP contribution in [-0.2, 0) is 4.79 Å². The smallest absolute Gasteiger partial charge is 0.233 e.